The van der Waals surface area contributed by atoms with Crippen LogP contribution in [0.1, 0.15) is 70.9 Å². The lowest BCUT2D eigenvalue weighted by Crippen LogP contribution is -2.43. The quantitative estimate of drug-likeness (QED) is 0.535. The third kappa shape index (κ3) is 6.12. The van der Waals surface area contributed by atoms with Crippen molar-refractivity contribution in [2.24, 2.45) is 5.41 Å². The molecule has 1 unspecified atom stereocenters. The molecular formula is C21H31F3N2O2. The standard InChI is InChI=1S/C21H31F3N2O2/c1-4-5-6-7-8-9-14-28-17-12-10-16(11-13-17)18(21(22,23)24)26-15-20(2,3)19(27)25-26/h10-13,18H,4-9,14-15H2,1-3H3,(H,25,27). The summed E-state index contributed by atoms with van der Waals surface area (Å²) in [5, 5.41) is 0.981. The summed E-state index contributed by atoms with van der Waals surface area (Å²) >= 11 is 0. The summed E-state index contributed by atoms with van der Waals surface area (Å²) in [6, 6.07) is 4.09. The average molecular weight is 400 g/mol. The van der Waals surface area contributed by atoms with Crippen molar-refractivity contribution in [3.63, 3.8) is 0 Å². The summed E-state index contributed by atoms with van der Waals surface area (Å²) in [5.41, 5.74) is 1.59. The number of ether oxygens (including phenoxy) is 1. The fraction of sp³-hybridized carbons (Fsp3) is 0.667. The van der Waals surface area contributed by atoms with Gasteiger partial charge in [-0.05, 0) is 38.0 Å². The fourth-order valence-electron chi connectivity index (χ4n) is 3.34. The molecule has 1 aliphatic heterocycles. The molecular weight excluding hydrogens is 369 g/mol. The van der Waals surface area contributed by atoms with E-state index in [0.717, 1.165) is 17.9 Å². The Hall–Kier alpha value is -1.76. The molecule has 0 radical (unpaired) electrons. The van der Waals surface area contributed by atoms with Crippen LogP contribution in [0.2, 0.25) is 0 Å². The van der Waals surface area contributed by atoms with Crippen LogP contribution in [-0.2, 0) is 4.79 Å². The zero-order chi connectivity index (χ0) is 20.8. The first-order valence-corrected chi connectivity index (χ1v) is 10.0. The lowest BCUT2D eigenvalue weighted by molar-refractivity contribution is -0.191. The highest BCUT2D eigenvalue weighted by Gasteiger charge is 2.51. The highest BCUT2D eigenvalue weighted by Crippen LogP contribution is 2.40. The van der Waals surface area contributed by atoms with E-state index in [9.17, 15) is 18.0 Å². The predicted molar refractivity (Wildman–Crippen MR) is 103 cm³/mol. The number of nitrogens with zero attached hydrogens (tertiary/aromatic N) is 1. The number of hydrogen-bond acceptors (Lipinski definition) is 3. The highest BCUT2D eigenvalue weighted by molar-refractivity contribution is 5.83. The summed E-state index contributed by atoms with van der Waals surface area (Å²) in [4.78, 5) is 11.9. The molecule has 2 rings (SSSR count). The van der Waals surface area contributed by atoms with Crippen molar-refractivity contribution in [1.29, 1.82) is 0 Å². The smallest absolute Gasteiger partial charge is 0.409 e. The lowest BCUT2D eigenvalue weighted by Gasteiger charge is -2.29. The second kappa shape index (κ2) is 9.63. The molecule has 7 heteroatoms. The van der Waals surface area contributed by atoms with Crippen LogP contribution in [0.3, 0.4) is 0 Å². The third-order valence-electron chi connectivity index (χ3n) is 5.01. The van der Waals surface area contributed by atoms with E-state index in [1.807, 2.05) is 0 Å². The van der Waals surface area contributed by atoms with Crippen LogP contribution >= 0.6 is 0 Å². The van der Waals surface area contributed by atoms with Crippen LogP contribution in [0.25, 0.3) is 0 Å². The molecule has 0 aliphatic carbocycles. The number of nitrogens with one attached hydrogen (secondary N) is 1. The summed E-state index contributed by atoms with van der Waals surface area (Å²) in [7, 11) is 0. The van der Waals surface area contributed by atoms with E-state index < -0.39 is 23.5 Å². The number of benzene rings is 1. The molecule has 1 heterocycles. The van der Waals surface area contributed by atoms with Gasteiger partial charge in [0, 0.05) is 6.54 Å². The van der Waals surface area contributed by atoms with Crippen molar-refractivity contribution in [3.8, 4) is 5.75 Å². The maximum atomic E-state index is 13.7. The van der Waals surface area contributed by atoms with Crippen molar-refractivity contribution in [2.45, 2.75) is 71.5 Å². The van der Waals surface area contributed by atoms with Crippen molar-refractivity contribution in [3.05, 3.63) is 29.8 Å². The van der Waals surface area contributed by atoms with Crippen LogP contribution < -0.4 is 10.2 Å². The van der Waals surface area contributed by atoms with Gasteiger partial charge in [0.05, 0.1) is 12.0 Å². The molecule has 1 atom stereocenters. The number of hydrogen-bond donors (Lipinski definition) is 1. The van der Waals surface area contributed by atoms with Crippen LogP contribution in [0.5, 0.6) is 5.75 Å². The number of carbonyl (C=O) groups excluding carboxylic acids is 1. The Morgan fingerprint density at radius 2 is 1.71 bits per heavy atom. The summed E-state index contributed by atoms with van der Waals surface area (Å²) in [5.74, 6) is 0.157. The average Bonchev–Trinajstić information content (AvgIpc) is 2.86. The summed E-state index contributed by atoms with van der Waals surface area (Å²) in [6.45, 7) is 6.00. The largest absolute Gasteiger partial charge is 0.494 e. The molecule has 1 N–H and O–H groups in total. The summed E-state index contributed by atoms with van der Waals surface area (Å²) < 4.78 is 46.7. The molecule has 1 fully saturated rings. The number of unbranched alkanes of at least 4 members (excludes halogenated alkanes) is 5. The van der Waals surface area contributed by atoms with E-state index in [-0.39, 0.29) is 12.1 Å². The van der Waals surface area contributed by atoms with Crippen LogP contribution in [0.15, 0.2) is 24.3 Å². The first-order chi connectivity index (χ1) is 13.1. The molecule has 0 aromatic heterocycles. The van der Waals surface area contributed by atoms with Gasteiger partial charge in [0.15, 0.2) is 0 Å². The molecule has 1 aliphatic rings. The highest BCUT2D eigenvalue weighted by atomic mass is 19.4. The molecule has 28 heavy (non-hydrogen) atoms. The molecule has 1 aromatic carbocycles. The van der Waals surface area contributed by atoms with Gasteiger partial charge >= 0.3 is 6.18 Å². The zero-order valence-corrected chi connectivity index (χ0v) is 16.9. The molecule has 1 aromatic rings. The SMILES string of the molecule is CCCCCCCCOc1ccc(C(N2CC(C)(C)C(=O)N2)C(F)(F)F)cc1. The minimum Gasteiger partial charge on any atom is -0.494 e. The molecule has 0 spiro atoms. The van der Waals surface area contributed by atoms with Gasteiger partial charge < -0.3 is 4.74 Å². The topological polar surface area (TPSA) is 41.6 Å². The Balaban J connectivity index is 1.94. The Kier molecular flexibility index (Phi) is 7.75. The van der Waals surface area contributed by atoms with Crippen LogP contribution in [0.4, 0.5) is 13.2 Å². The lowest BCUT2D eigenvalue weighted by atomic mass is 9.93. The van der Waals surface area contributed by atoms with Gasteiger partial charge in [-0.2, -0.15) is 13.2 Å². The van der Waals surface area contributed by atoms with Crippen molar-refractivity contribution in [2.75, 3.05) is 13.2 Å². The van der Waals surface area contributed by atoms with Gasteiger partial charge in [0.25, 0.3) is 0 Å². The third-order valence-corrected chi connectivity index (χ3v) is 5.01. The van der Waals surface area contributed by atoms with Crippen molar-refractivity contribution >= 4 is 5.91 Å². The number of carbonyl (C=O) groups is 1. The van der Waals surface area contributed by atoms with E-state index in [1.54, 1.807) is 26.0 Å². The van der Waals surface area contributed by atoms with Gasteiger partial charge in [-0.1, -0.05) is 51.2 Å². The Labute approximate surface area is 165 Å². The Morgan fingerprint density at radius 3 is 2.25 bits per heavy atom. The Bertz CT molecular complexity index is 630. The number of hydrazine groups is 1. The maximum Gasteiger partial charge on any atom is 0.409 e. The minimum absolute atomic E-state index is 0.00765. The maximum absolute atomic E-state index is 13.7. The zero-order valence-electron chi connectivity index (χ0n) is 16.9. The van der Waals surface area contributed by atoms with Crippen molar-refractivity contribution in [1.82, 2.24) is 10.4 Å². The first-order valence-electron chi connectivity index (χ1n) is 10.0. The van der Waals surface area contributed by atoms with Gasteiger partial charge in [-0.3, -0.25) is 10.2 Å². The second-order valence-electron chi connectivity index (χ2n) is 8.08. The molecule has 1 amide bonds. The second-order valence-corrected chi connectivity index (χ2v) is 8.08. The van der Waals surface area contributed by atoms with Gasteiger partial charge in [0.2, 0.25) is 5.91 Å². The summed E-state index contributed by atoms with van der Waals surface area (Å²) in [6.07, 6.45) is 2.39. The molecule has 158 valence electrons. The van der Waals surface area contributed by atoms with Gasteiger partial charge in [0.1, 0.15) is 11.8 Å². The van der Waals surface area contributed by atoms with Crippen LogP contribution in [0, 0.1) is 5.41 Å². The van der Waals surface area contributed by atoms with Crippen molar-refractivity contribution < 1.29 is 22.7 Å². The molecule has 0 bridgehead atoms. The monoisotopic (exact) mass is 400 g/mol. The van der Waals surface area contributed by atoms with E-state index >= 15 is 0 Å². The number of alkyl halides is 3. The van der Waals surface area contributed by atoms with Gasteiger partial charge in [-0.15, -0.1) is 0 Å². The number of rotatable bonds is 10. The Morgan fingerprint density at radius 1 is 1.11 bits per heavy atom. The molecule has 0 saturated carbocycles. The number of halogens is 3. The normalized spacial score (nSPS) is 18.1. The van der Waals surface area contributed by atoms with Crippen LogP contribution in [-0.4, -0.2) is 30.2 Å². The molecule has 4 nitrogen and oxygen atoms in total. The van der Waals surface area contributed by atoms with E-state index in [0.29, 0.717) is 12.4 Å². The number of amides is 1. The van der Waals surface area contributed by atoms with E-state index in [1.165, 1.54) is 37.8 Å². The fourth-order valence-corrected chi connectivity index (χ4v) is 3.34. The molecule has 1 saturated heterocycles. The predicted octanol–water partition coefficient (Wildman–Crippen LogP) is 5.40. The van der Waals surface area contributed by atoms with Gasteiger partial charge in [-0.25, -0.2) is 5.01 Å². The van der Waals surface area contributed by atoms with E-state index in [4.69, 9.17) is 4.74 Å². The minimum atomic E-state index is -4.51. The first kappa shape index (κ1) is 22.5. The van der Waals surface area contributed by atoms with E-state index in [2.05, 4.69) is 12.3 Å².